The summed E-state index contributed by atoms with van der Waals surface area (Å²) >= 11 is 0. The molecule has 0 bridgehead atoms. The van der Waals surface area contributed by atoms with Crippen molar-refractivity contribution in [3.63, 3.8) is 0 Å². The van der Waals surface area contributed by atoms with Crippen molar-refractivity contribution in [1.82, 2.24) is 24.8 Å². The van der Waals surface area contributed by atoms with Gasteiger partial charge >= 0.3 is 0 Å². The average molecular weight is 299 g/mol. The number of aromatic nitrogens is 3. The van der Waals surface area contributed by atoms with Crippen LogP contribution in [0.15, 0.2) is 37.1 Å². The number of likely N-dealkylation sites (N-methyl/N-ethyl adjacent to an activating group) is 1. The van der Waals surface area contributed by atoms with Crippen molar-refractivity contribution in [2.24, 2.45) is 0 Å². The van der Waals surface area contributed by atoms with Crippen LogP contribution in [-0.4, -0.2) is 50.9 Å². The number of carbonyl (C=O) groups is 2. The molecule has 22 heavy (non-hydrogen) atoms. The highest BCUT2D eigenvalue weighted by atomic mass is 16.2. The zero-order valence-corrected chi connectivity index (χ0v) is 12.3. The fraction of sp³-hybridized carbons (Fsp3) is 0.333. The van der Waals surface area contributed by atoms with Crippen molar-refractivity contribution in [3.8, 4) is 5.69 Å². The van der Waals surface area contributed by atoms with E-state index in [-0.39, 0.29) is 17.5 Å². The first-order valence-corrected chi connectivity index (χ1v) is 7.15. The van der Waals surface area contributed by atoms with E-state index in [9.17, 15) is 9.59 Å². The summed E-state index contributed by atoms with van der Waals surface area (Å²) in [7, 11) is 1.75. The van der Waals surface area contributed by atoms with Crippen LogP contribution in [0.3, 0.4) is 0 Å². The number of carbonyl (C=O) groups excluding carboxylic acids is 2. The highest BCUT2D eigenvalue weighted by Gasteiger charge is 2.28. The molecule has 0 aromatic carbocycles. The van der Waals surface area contributed by atoms with Gasteiger partial charge in [0.25, 0.3) is 5.91 Å². The number of piperidine rings is 1. The normalized spacial score (nSPS) is 18.3. The second kappa shape index (κ2) is 5.97. The molecule has 0 saturated carbocycles. The van der Waals surface area contributed by atoms with E-state index in [0.717, 1.165) is 18.7 Å². The molecule has 2 aromatic rings. The first kappa shape index (κ1) is 14.2. The number of hydrogen-bond acceptors (Lipinski definition) is 4. The zero-order chi connectivity index (χ0) is 15.5. The Bertz CT molecular complexity index is 683. The van der Waals surface area contributed by atoms with E-state index in [1.807, 2.05) is 0 Å². The second-order valence-corrected chi connectivity index (χ2v) is 5.30. The van der Waals surface area contributed by atoms with Crippen molar-refractivity contribution in [1.29, 1.82) is 0 Å². The van der Waals surface area contributed by atoms with Gasteiger partial charge in [0.05, 0.1) is 12.0 Å². The Labute approximate surface area is 128 Å². The Morgan fingerprint density at radius 2 is 2.27 bits per heavy atom. The zero-order valence-electron chi connectivity index (χ0n) is 12.3. The minimum absolute atomic E-state index is 0.0506. The maximum Gasteiger partial charge on any atom is 0.270 e. The van der Waals surface area contributed by atoms with Crippen LogP contribution in [0.2, 0.25) is 0 Å². The van der Waals surface area contributed by atoms with E-state index < -0.39 is 6.04 Å². The van der Waals surface area contributed by atoms with E-state index in [4.69, 9.17) is 0 Å². The lowest BCUT2D eigenvalue weighted by Crippen LogP contribution is -2.50. The predicted octanol–water partition coefficient (Wildman–Crippen LogP) is 0.618. The van der Waals surface area contributed by atoms with Gasteiger partial charge in [-0.2, -0.15) is 0 Å². The van der Waals surface area contributed by atoms with Gasteiger partial charge in [-0.1, -0.05) is 0 Å². The Hall–Kier alpha value is -2.70. The van der Waals surface area contributed by atoms with Crippen molar-refractivity contribution in [2.75, 3.05) is 13.6 Å². The van der Waals surface area contributed by atoms with E-state index in [1.54, 1.807) is 53.6 Å². The molecule has 0 radical (unpaired) electrons. The standard InChI is InChI=1S/C15H17N5O2/c1-19-7-2-3-12(15(19)22)18-14(21)13-9-11(4-5-17-13)20-8-6-16-10-20/h4-6,8-10,12H,2-3,7H2,1H3,(H,18,21). The van der Waals surface area contributed by atoms with Gasteiger partial charge < -0.3 is 14.8 Å². The third kappa shape index (κ3) is 2.83. The first-order chi connectivity index (χ1) is 10.6. The maximum absolute atomic E-state index is 12.3. The molecular formula is C15H17N5O2. The van der Waals surface area contributed by atoms with Crippen LogP contribution < -0.4 is 5.32 Å². The largest absolute Gasteiger partial charge is 0.344 e. The topological polar surface area (TPSA) is 80.1 Å². The molecule has 114 valence electrons. The minimum Gasteiger partial charge on any atom is -0.344 e. The summed E-state index contributed by atoms with van der Waals surface area (Å²) in [5, 5.41) is 2.77. The smallest absolute Gasteiger partial charge is 0.270 e. The third-order valence-electron chi connectivity index (χ3n) is 3.74. The summed E-state index contributed by atoms with van der Waals surface area (Å²) in [5.41, 5.74) is 1.08. The van der Waals surface area contributed by atoms with Crippen LogP contribution >= 0.6 is 0 Å². The van der Waals surface area contributed by atoms with Gasteiger partial charge in [-0.3, -0.25) is 14.6 Å². The summed E-state index contributed by atoms with van der Waals surface area (Å²) in [6.07, 6.45) is 8.22. The molecule has 3 rings (SSSR count). The van der Waals surface area contributed by atoms with Crippen LogP contribution in [-0.2, 0) is 4.79 Å². The number of likely N-dealkylation sites (tertiary alicyclic amines) is 1. The summed E-state index contributed by atoms with van der Waals surface area (Å²) in [5.74, 6) is -0.388. The van der Waals surface area contributed by atoms with E-state index >= 15 is 0 Å². The van der Waals surface area contributed by atoms with Crippen LogP contribution in [0.5, 0.6) is 0 Å². The summed E-state index contributed by atoms with van der Waals surface area (Å²) in [6, 6.07) is 3.00. The molecule has 1 N–H and O–H groups in total. The molecular weight excluding hydrogens is 282 g/mol. The highest BCUT2D eigenvalue weighted by Crippen LogP contribution is 2.12. The Kier molecular flexibility index (Phi) is 3.86. The molecule has 3 heterocycles. The Morgan fingerprint density at radius 1 is 1.41 bits per heavy atom. The van der Waals surface area contributed by atoms with Crippen molar-refractivity contribution in [3.05, 3.63) is 42.7 Å². The van der Waals surface area contributed by atoms with Crippen molar-refractivity contribution >= 4 is 11.8 Å². The van der Waals surface area contributed by atoms with Gasteiger partial charge in [0, 0.05) is 32.2 Å². The lowest BCUT2D eigenvalue weighted by molar-refractivity contribution is -0.134. The number of nitrogens with one attached hydrogen (secondary N) is 1. The number of imidazole rings is 1. The molecule has 0 spiro atoms. The summed E-state index contributed by atoms with van der Waals surface area (Å²) in [4.78, 5) is 34.0. The lowest BCUT2D eigenvalue weighted by Gasteiger charge is -2.29. The quantitative estimate of drug-likeness (QED) is 0.901. The van der Waals surface area contributed by atoms with Gasteiger partial charge in [-0.05, 0) is 25.0 Å². The fourth-order valence-electron chi connectivity index (χ4n) is 2.51. The molecule has 1 aliphatic heterocycles. The first-order valence-electron chi connectivity index (χ1n) is 7.15. The monoisotopic (exact) mass is 299 g/mol. The molecule has 2 amide bonds. The summed E-state index contributed by atoms with van der Waals surface area (Å²) < 4.78 is 1.79. The second-order valence-electron chi connectivity index (χ2n) is 5.30. The van der Waals surface area contributed by atoms with E-state index in [2.05, 4.69) is 15.3 Å². The maximum atomic E-state index is 12.3. The van der Waals surface area contributed by atoms with Crippen LogP contribution in [0.1, 0.15) is 23.3 Å². The molecule has 1 saturated heterocycles. The number of rotatable bonds is 3. The predicted molar refractivity (Wildman–Crippen MR) is 79.5 cm³/mol. The van der Waals surface area contributed by atoms with E-state index in [1.165, 1.54) is 0 Å². The third-order valence-corrected chi connectivity index (χ3v) is 3.74. The lowest BCUT2D eigenvalue weighted by atomic mass is 10.1. The molecule has 7 nitrogen and oxygen atoms in total. The van der Waals surface area contributed by atoms with E-state index in [0.29, 0.717) is 6.42 Å². The highest BCUT2D eigenvalue weighted by molar-refractivity contribution is 5.96. The molecule has 1 atom stereocenters. The molecule has 1 aliphatic rings. The number of amides is 2. The molecule has 7 heteroatoms. The van der Waals surface area contributed by atoms with Crippen LogP contribution in [0.25, 0.3) is 5.69 Å². The van der Waals surface area contributed by atoms with Gasteiger partial charge in [0.1, 0.15) is 11.7 Å². The van der Waals surface area contributed by atoms with Crippen LogP contribution in [0, 0.1) is 0 Å². The Balaban J connectivity index is 1.75. The van der Waals surface area contributed by atoms with Gasteiger partial charge in [0.15, 0.2) is 0 Å². The number of pyridine rings is 1. The molecule has 2 aromatic heterocycles. The Morgan fingerprint density at radius 3 is 3.05 bits per heavy atom. The van der Waals surface area contributed by atoms with Crippen LogP contribution in [0.4, 0.5) is 0 Å². The average Bonchev–Trinajstić information content (AvgIpc) is 3.06. The van der Waals surface area contributed by atoms with Crippen molar-refractivity contribution in [2.45, 2.75) is 18.9 Å². The molecule has 1 unspecified atom stereocenters. The fourth-order valence-corrected chi connectivity index (χ4v) is 2.51. The van der Waals surface area contributed by atoms with Gasteiger partial charge in [-0.25, -0.2) is 4.98 Å². The van der Waals surface area contributed by atoms with Gasteiger partial charge in [0.2, 0.25) is 5.91 Å². The number of nitrogens with zero attached hydrogens (tertiary/aromatic N) is 4. The summed E-state index contributed by atoms with van der Waals surface area (Å²) in [6.45, 7) is 0.736. The minimum atomic E-state index is -0.468. The SMILES string of the molecule is CN1CCCC(NC(=O)c2cc(-n3ccnc3)ccn2)C1=O. The molecule has 1 fully saturated rings. The molecule has 0 aliphatic carbocycles. The van der Waals surface area contributed by atoms with Gasteiger partial charge in [-0.15, -0.1) is 0 Å². The van der Waals surface area contributed by atoms with Crippen molar-refractivity contribution < 1.29 is 9.59 Å². The number of hydrogen-bond donors (Lipinski definition) is 1.